The van der Waals surface area contributed by atoms with E-state index in [1.165, 1.54) is 18.1 Å². The van der Waals surface area contributed by atoms with Crippen molar-refractivity contribution in [2.45, 2.75) is 96.9 Å². The van der Waals surface area contributed by atoms with Crippen LogP contribution in [0.25, 0.3) is 0 Å². The maximum absolute atomic E-state index is 13.4. The Kier molecular flexibility index (Phi) is 6.25. The van der Waals surface area contributed by atoms with Gasteiger partial charge in [-0.25, -0.2) is 4.79 Å². The average molecular weight is 530 g/mol. The van der Waals surface area contributed by atoms with Gasteiger partial charge in [-0.05, 0) is 55.4 Å². The van der Waals surface area contributed by atoms with E-state index >= 15 is 0 Å². The number of phenolic OH excluding ortho intramolecular Hbond substituents is 1. The highest BCUT2D eigenvalue weighted by molar-refractivity contribution is 6.02. The van der Waals surface area contributed by atoms with Crippen LogP contribution in [0.1, 0.15) is 87.7 Å². The third-order valence-corrected chi connectivity index (χ3v) is 10.6. The molecule has 2 aliphatic carbocycles. The molecule has 0 saturated heterocycles. The summed E-state index contributed by atoms with van der Waals surface area (Å²) in [5, 5.41) is 31.9. The average Bonchev–Trinajstić information content (AvgIpc) is 3.41. The summed E-state index contributed by atoms with van der Waals surface area (Å²) in [6, 6.07) is 0.234. The zero-order valence-electron chi connectivity index (χ0n) is 22.9. The molecule has 6 atom stereocenters. The lowest BCUT2D eigenvalue weighted by molar-refractivity contribution is -0.210. The first-order valence-electron chi connectivity index (χ1n) is 13.6. The number of aliphatic carboxylic acids is 1. The van der Waals surface area contributed by atoms with Crippen LogP contribution in [0, 0.1) is 22.7 Å². The second-order valence-corrected chi connectivity index (χ2v) is 12.6. The number of benzene rings is 1. The number of aromatic hydroxyl groups is 1. The number of carboxylic acid groups (broad SMARTS) is 1. The number of aliphatic hydroxyl groups excluding tert-OH is 1. The summed E-state index contributed by atoms with van der Waals surface area (Å²) in [7, 11) is 1.24. The van der Waals surface area contributed by atoms with Crippen molar-refractivity contribution in [2.24, 2.45) is 22.7 Å². The molecule has 1 aromatic rings. The maximum Gasteiger partial charge on any atom is 0.326 e. The quantitative estimate of drug-likeness (QED) is 0.492. The predicted octanol–water partition coefficient (Wildman–Crippen LogP) is 3.66. The van der Waals surface area contributed by atoms with Gasteiger partial charge >= 0.3 is 11.9 Å². The van der Waals surface area contributed by atoms with Gasteiger partial charge in [0, 0.05) is 29.4 Å². The van der Waals surface area contributed by atoms with Gasteiger partial charge in [-0.3, -0.25) is 9.59 Å². The van der Waals surface area contributed by atoms with E-state index in [0.29, 0.717) is 29.7 Å². The molecule has 2 saturated carbocycles. The Balaban J connectivity index is 1.53. The number of amides is 1. The number of esters is 1. The Morgan fingerprint density at radius 3 is 2.58 bits per heavy atom. The van der Waals surface area contributed by atoms with E-state index in [2.05, 4.69) is 32.4 Å². The fourth-order valence-electron chi connectivity index (χ4n) is 8.31. The summed E-state index contributed by atoms with van der Waals surface area (Å²) in [6.45, 7) is 8.75. The molecule has 2 heterocycles. The number of rotatable bonds is 5. The summed E-state index contributed by atoms with van der Waals surface area (Å²) in [5.74, 6) is -1.37. The first kappa shape index (κ1) is 26.8. The summed E-state index contributed by atoms with van der Waals surface area (Å²) in [6.07, 6.45) is 3.28. The van der Waals surface area contributed by atoms with Crippen LogP contribution >= 0.6 is 0 Å². The first-order chi connectivity index (χ1) is 17.8. The van der Waals surface area contributed by atoms with Gasteiger partial charge in [0.05, 0.1) is 25.3 Å². The molecule has 2 fully saturated rings. The Morgan fingerprint density at radius 2 is 1.92 bits per heavy atom. The standard InChI is InChI=1S/C29H39NO8/c1-15-6-8-21-27(2,3)22(32)10-11-28(21,4)29(15)13-17-20(31)12-16-18(24(17)38-29)14-30(25(16)34)19(26(35)36)7-9-23(33)37-5/h12,15,19,21-22,31-32H,6-11,13-14H2,1-5H3,(H,35,36)/t15-,19+,21+,22-,28+,29-/m1/s1. The lowest BCUT2D eigenvalue weighted by Gasteiger charge is -2.64. The molecule has 2 aliphatic heterocycles. The molecule has 38 heavy (non-hydrogen) atoms. The highest BCUT2D eigenvalue weighted by Gasteiger charge is 2.67. The molecule has 5 rings (SSSR count). The first-order valence-corrected chi connectivity index (χ1v) is 13.6. The van der Waals surface area contributed by atoms with E-state index in [4.69, 9.17) is 4.74 Å². The molecule has 208 valence electrons. The second-order valence-electron chi connectivity index (χ2n) is 12.6. The van der Waals surface area contributed by atoms with Crippen LogP contribution in [-0.4, -0.2) is 62.9 Å². The molecule has 0 aromatic heterocycles. The fraction of sp³-hybridized carbons (Fsp3) is 0.690. The number of aliphatic hydroxyl groups is 1. The number of carbonyl (C=O) groups is 3. The van der Waals surface area contributed by atoms with Gasteiger partial charge in [-0.1, -0.05) is 27.7 Å². The van der Waals surface area contributed by atoms with Crippen molar-refractivity contribution in [1.82, 2.24) is 4.90 Å². The van der Waals surface area contributed by atoms with Crippen LogP contribution in [0.5, 0.6) is 11.5 Å². The minimum atomic E-state index is -1.21. The number of carbonyl (C=O) groups excluding carboxylic acids is 2. The number of carboxylic acids is 1. The van der Waals surface area contributed by atoms with Gasteiger partial charge in [0.1, 0.15) is 23.1 Å². The summed E-state index contributed by atoms with van der Waals surface area (Å²) >= 11 is 0. The molecular formula is C29H39NO8. The van der Waals surface area contributed by atoms with Gasteiger partial charge in [0.2, 0.25) is 0 Å². The van der Waals surface area contributed by atoms with Crippen molar-refractivity contribution >= 4 is 17.8 Å². The minimum absolute atomic E-state index is 0.0136. The van der Waals surface area contributed by atoms with E-state index in [1.54, 1.807) is 0 Å². The van der Waals surface area contributed by atoms with Crippen LogP contribution < -0.4 is 4.74 Å². The predicted molar refractivity (Wildman–Crippen MR) is 137 cm³/mol. The molecule has 0 radical (unpaired) electrons. The molecule has 0 unspecified atom stereocenters. The van der Waals surface area contributed by atoms with Crippen LogP contribution in [-0.2, 0) is 27.3 Å². The van der Waals surface area contributed by atoms with Gasteiger partial charge in [-0.2, -0.15) is 0 Å². The minimum Gasteiger partial charge on any atom is -0.508 e. The topological polar surface area (TPSA) is 134 Å². The summed E-state index contributed by atoms with van der Waals surface area (Å²) in [4.78, 5) is 38.4. The molecule has 9 nitrogen and oxygen atoms in total. The summed E-state index contributed by atoms with van der Waals surface area (Å²) in [5.41, 5.74) is 0.332. The van der Waals surface area contributed by atoms with Crippen molar-refractivity contribution in [3.63, 3.8) is 0 Å². The second kappa shape index (κ2) is 8.86. The van der Waals surface area contributed by atoms with Crippen LogP contribution in [0.4, 0.5) is 0 Å². The molecule has 1 aromatic carbocycles. The molecule has 1 amide bonds. The van der Waals surface area contributed by atoms with E-state index in [1.807, 2.05) is 0 Å². The van der Waals surface area contributed by atoms with E-state index < -0.39 is 35.6 Å². The number of hydrogen-bond acceptors (Lipinski definition) is 7. The van der Waals surface area contributed by atoms with E-state index in [0.717, 1.165) is 19.3 Å². The molecule has 1 spiro atoms. The zero-order valence-corrected chi connectivity index (χ0v) is 22.9. The monoisotopic (exact) mass is 529 g/mol. The zero-order chi connectivity index (χ0) is 27.8. The lowest BCUT2D eigenvalue weighted by Crippen LogP contribution is -2.66. The van der Waals surface area contributed by atoms with Gasteiger partial charge in [0.25, 0.3) is 5.91 Å². The SMILES string of the molecule is COC(=O)CC[C@@H](C(=O)O)N1Cc2c(cc(O)c3c2O[C@]2(C3)[C@H](C)CC[C@H]3C(C)(C)[C@H](O)CC[C@@]32C)C1=O. The molecule has 3 N–H and O–H groups in total. The Labute approximate surface area is 223 Å². The van der Waals surface area contributed by atoms with Crippen molar-refractivity contribution in [3.05, 3.63) is 22.8 Å². The van der Waals surface area contributed by atoms with Crippen LogP contribution in [0.3, 0.4) is 0 Å². The largest absolute Gasteiger partial charge is 0.508 e. The van der Waals surface area contributed by atoms with Crippen molar-refractivity contribution < 1.29 is 39.2 Å². The third-order valence-electron chi connectivity index (χ3n) is 10.6. The highest BCUT2D eigenvalue weighted by atomic mass is 16.5. The van der Waals surface area contributed by atoms with Crippen LogP contribution in [0.2, 0.25) is 0 Å². The fourth-order valence-corrected chi connectivity index (χ4v) is 8.31. The molecule has 4 aliphatic rings. The highest BCUT2D eigenvalue weighted by Crippen LogP contribution is 2.67. The summed E-state index contributed by atoms with van der Waals surface area (Å²) < 4.78 is 11.6. The smallest absolute Gasteiger partial charge is 0.326 e. The third kappa shape index (κ3) is 3.57. The lowest BCUT2D eigenvalue weighted by atomic mass is 9.43. The van der Waals surface area contributed by atoms with E-state index in [-0.39, 0.29) is 53.4 Å². The number of methoxy groups -OCH3 is 1. The number of phenols is 1. The van der Waals surface area contributed by atoms with Crippen molar-refractivity contribution in [1.29, 1.82) is 0 Å². The van der Waals surface area contributed by atoms with Gasteiger partial charge in [-0.15, -0.1) is 0 Å². The van der Waals surface area contributed by atoms with Crippen molar-refractivity contribution in [3.8, 4) is 11.5 Å². The number of nitrogens with zero attached hydrogens (tertiary/aromatic N) is 1. The van der Waals surface area contributed by atoms with E-state index in [9.17, 15) is 29.7 Å². The Hall–Kier alpha value is -2.81. The number of fused-ring (bicyclic) bond motifs is 5. The number of hydrogen-bond donors (Lipinski definition) is 3. The van der Waals surface area contributed by atoms with Gasteiger partial charge < -0.3 is 29.7 Å². The normalized spacial score (nSPS) is 33.8. The van der Waals surface area contributed by atoms with Crippen molar-refractivity contribution in [2.75, 3.05) is 7.11 Å². The molecule has 9 heteroatoms. The Morgan fingerprint density at radius 1 is 1.21 bits per heavy atom. The van der Waals surface area contributed by atoms with Gasteiger partial charge in [0.15, 0.2) is 0 Å². The molecular weight excluding hydrogens is 490 g/mol. The number of ether oxygens (including phenoxy) is 2. The maximum atomic E-state index is 13.4. The Bertz CT molecular complexity index is 1190. The molecule has 0 bridgehead atoms. The van der Waals surface area contributed by atoms with Crippen LogP contribution in [0.15, 0.2) is 6.07 Å².